The van der Waals surface area contributed by atoms with E-state index in [0.717, 1.165) is 0 Å². The summed E-state index contributed by atoms with van der Waals surface area (Å²) in [4.78, 5) is 25.4. The van der Waals surface area contributed by atoms with Crippen molar-refractivity contribution in [1.29, 1.82) is 0 Å². The van der Waals surface area contributed by atoms with E-state index in [2.05, 4.69) is 24.8 Å². The van der Waals surface area contributed by atoms with Crippen LogP contribution in [0.2, 0.25) is 0 Å². The van der Waals surface area contributed by atoms with Gasteiger partial charge in [-0.05, 0) is 75.4 Å². The average molecular weight is 481 g/mol. The van der Waals surface area contributed by atoms with Crippen molar-refractivity contribution < 1.29 is 12.8 Å². The fourth-order valence-corrected chi connectivity index (χ4v) is 4.32. The van der Waals surface area contributed by atoms with Crippen molar-refractivity contribution in [2.24, 2.45) is 4.99 Å². The van der Waals surface area contributed by atoms with E-state index in [1.807, 2.05) is 0 Å². The van der Waals surface area contributed by atoms with Crippen LogP contribution in [0.3, 0.4) is 0 Å². The molecular formula is C23H21FN6O3S. The summed E-state index contributed by atoms with van der Waals surface area (Å²) in [6.07, 6.45) is 1.47. The summed E-state index contributed by atoms with van der Waals surface area (Å²) in [6, 6.07) is 13.1. The Morgan fingerprint density at radius 1 is 1.06 bits per heavy atom. The molecule has 0 aliphatic rings. The molecule has 2 N–H and O–H groups in total. The number of aliphatic imine (C=N–C) groups is 1. The van der Waals surface area contributed by atoms with Crippen LogP contribution in [-0.2, 0) is 10.0 Å². The lowest BCUT2D eigenvalue weighted by Gasteiger charge is -2.07. The van der Waals surface area contributed by atoms with Gasteiger partial charge in [0.05, 0.1) is 27.5 Å². The number of aromatic nitrogens is 4. The highest BCUT2D eigenvalue weighted by Crippen LogP contribution is 2.20. The minimum atomic E-state index is -3.88. The Hall–Kier alpha value is -4.12. The molecule has 9 nitrogen and oxygen atoms in total. The Labute approximate surface area is 195 Å². The van der Waals surface area contributed by atoms with Crippen molar-refractivity contribution in [3.63, 3.8) is 0 Å². The average Bonchev–Trinajstić information content (AvgIpc) is 3.08. The van der Waals surface area contributed by atoms with Gasteiger partial charge >= 0.3 is 0 Å². The molecule has 2 aromatic carbocycles. The second-order valence-corrected chi connectivity index (χ2v) is 9.23. The maximum atomic E-state index is 13.2. The summed E-state index contributed by atoms with van der Waals surface area (Å²) >= 11 is 0. The molecule has 0 saturated carbocycles. The van der Waals surface area contributed by atoms with E-state index in [1.165, 1.54) is 59.4 Å². The first-order valence-corrected chi connectivity index (χ1v) is 11.7. The van der Waals surface area contributed by atoms with Crippen LogP contribution in [0, 0.1) is 19.7 Å². The number of sulfonamides is 1. The van der Waals surface area contributed by atoms with Crippen LogP contribution in [0.25, 0.3) is 5.69 Å². The van der Waals surface area contributed by atoms with Crippen LogP contribution in [0.15, 0.2) is 75.5 Å². The van der Waals surface area contributed by atoms with E-state index in [9.17, 15) is 17.6 Å². The largest absolute Gasteiger partial charge is 0.295 e. The molecule has 2 aromatic heterocycles. The van der Waals surface area contributed by atoms with Gasteiger partial charge in [-0.1, -0.05) is 0 Å². The monoisotopic (exact) mass is 480 g/mol. The van der Waals surface area contributed by atoms with Crippen LogP contribution in [0.4, 0.5) is 16.0 Å². The van der Waals surface area contributed by atoms with Crippen molar-refractivity contribution in [1.82, 2.24) is 19.7 Å². The summed E-state index contributed by atoms with van der Waals surface area (Å²) in [5, 5.41) is 2.97. The number of nitrogens with zero attached hydrogens (tertiary/aromatic N) is 4. The molecule has 0 bridgehead atoms. The van der Waals surface area contributed by atoms with Crippen LogP contribution >= 0.6 is 0 Å². The SMILES string of the molecule is CC(=Nc1ccc(S(=O)(=O)Nc2nccc(C)n2)cc1)c1c(C)[nH]n(-c2ccc(F)cc2)c1=O. The van der Waals surface area contributed by atoms with Gasteiger partial charge in [0, 0.05) is 17.6 Å². The third-order valence-corrected chi connectivity index (χ3v) is 6.33. The Bertz CT molecular complexity index is 1540. The van der Waals surface area contributed by atoms with Crippen molar-refractivity contribution in [2.45, 2.75) is 25.7 Å². The number of benzene rings is 2. The number of hydrogen-bond acceptors (Lipinski definition) is 6. The highest BCUT2D eigenvalue weighted by atomic mass is 32.2. The first kappa shape index (κ1) is 23.1. The minimum Gasteiger partial charge on any atom is -0.295 e. The van der Waals surface area contributed by atoms with Gasteiger partial charge in [0.1, 0.15) is 5.82 Å². The van der Waals surface area contributed by atoms with E-state index >= 15 is 0 Å². The Morgan fingerprint density at radius 3 is 2.38 bits per heavy atom. The van der Waals surface area contributed by atoms with Gasteiger partial charge in [0.15, 0.2) is 0 Å². The molecule has 0 spiro atoms. The molecule has 2 heterocycles. The summed E-state index contributed by atoms with van der Waals surface area (Å²) < 4.78 is 42.1. The summed E-state index contributed by atoms with van der Waals surface area (Å²) in [7, 11) is -3.88. The number of rotatable bonds is 6. The standard InChI is InChI=1S/C23H21FN6O3S/c1-14-12-13-25-23(26-14)29-34(32,33)20-10-6-18(7-11-20)27-15(2)21-16(3)28-30(22(21)31)19-8-4-17(24)5-9-19/h4-13,28H,1-3H3,(H,25,26,29). The molecule has 0 saturated heterocycles. The van der Waals surface area contributed by atoms with Crippen LogP contribution in [-0.4, -0.2) is 33.9 Å². The zero-order chi connectivity index (χ0) is 24.5. The highest BCUT2D eigenvalue weighted by molar-refractivity contribution is 7.92. The molecule has 0 aliphatic carbocycles. The lowest BCUT2D eigenvalue weighted by Crippen LogP contribution is -2.19. The molecule has 11 heteroatoms. The smallest absolute Gasteiger partial charge is 0.280 e. The number of halogens is 1. The Balaban J connectivity index is 1.59. The first-order valence-electron chi connectivity index (χ1n) is 10.2. The fourth-order valence-electron chi connectivity index (χ4n) is 3.37. The van der Waals surface area contributed by atoms with Crippen molar-refractivity contribution in [3.8, 4) is 5.69 Å². The maximum absolute atomic E-state index is 13.2. The maximum Gasteiger partial charge on any atom is 0.280 e. The van der Waals surface area contributed by atoms with Crippen LogP contribution in [0.1, 0.15) is 23.9 Å². The molecule has 4 rings (SSSR count). The topological polar surface area (TPSA) is 122 Å². The van der Waals surface area contributed by atoms with E-state index in [1.54, 1.807) is 26.8 Å². The van der Waals surface area contributed by atoms with Crippen molar-refractivity contribution in [2.75, 3.05) is 4.72 Å². The zero-order valence-corrected chi connectivity index (χ0v) is 19.4. The fraction of sp³-hybridized carbons (Fsp3) is 0.130. The van der Waals surface area contributed by atoms with Gasteiger partial charge in [0.25, 0.3) is 15.6 Å². The number of H-pyrrole nitrogens is 1. The number of aromatic amines is 1. The summed E-state index contributed by atoms with van der Waals surface area (Å²) in [5.41, 5.74) is 2.68. The number of hydrogen-bond donors (Lipinski definition) is 2. The third kappa shape index (κ3) is 4.79. The van der Waals surface area contributed by atoms with E-state index in [0.29, 0.717) is 34.0 Å². The molecule has 4 aromatic rings. The molecular weight excluding hydrogens is 459 g/mol. The quantitative estimate of drug-likeness (QED) is 0.408. The Kier molecular flexibility index (Phi) is 6.12. The lowest BCUT2D eigenvalue weighted by molar-refractivity contribution is 0.601. The van der Waals surface area contributed by atoms with Gasteiger partial charge in [0.2, 0.25) is 5.95 Å². The van der Waals surface area contributed by atoms with Crippen molar-refractivity contribution in [3.05, 3.63) is 93.9 Å². The molecule has 0 unspecified atom stereocenters. The van der Waals surface area contributed by atoms with Gasteiger partial charge in [-0.25, -0.2) is 32.2 Å². The van der Waals surface area contributed by atoms with E-state index < -0.39 is 15.8 Å². The zero-order valence-electron chi connectivity index (χ0n) is 18.6. The highest BCUT2D eigenvalue weighted by Gasteiger charge is 2.17. The van der Waals surface area contributed by atoms with E-state index in [4.69, 9.17) is 0 Å². The van der Waals surface area contributed by atoms with Gasteiger partial charge in [-0.15, -0.1) is 0 Å². The number of nitrogens with one attached hydrogen (secondary N) is 2. The normalized spacial score (nSPS) is 12.1. The predicted octanol–water partition coefficient (Wildman–Crippen LogP) is 3.65. The predicted molar refractivity (Wildman–Crippen MR) is 127 cm³/mol. The first-order chi connectivity index (χ1) is 16.1. The second-order valence-electron chi connectivity index (χ2n) is 7.55. The molecule has 174 valence electrons. The van der Waals surface area contributed by atoms with Crippen LogP contribution < -0.4 is 10.3 Å². The molecule has 34 heavy (non-hydrogen) atoms. The van der Waals surface area contributed by atoms with Gasteiger partial charge in [-0.3, -0.25) is 14.9 Å². The second kappa shape index (κ2) is 9.02. The minimum absolute atomic E-state index is 0.0155. The van der Waals surface area contributed by atoms with Crippen LogP contribution in [0.5, 0.6) is 0 Å². The van der Waals surface area contributed by atoms with Gasteiger partial charge in [-0.2, -0.15) is 0 Å². The molecule has 0 aliphatic heterocycles. The molecule has 0 fully saturated rings. The van der Waals surface area contributed by atoms with E-state index in [-0.39, 0.29) is 16.4 Å². The Morgan fingerprint density at radius 2 is 1.74 bits per heavy atom. The summed E-state index contributed by atoms with van der Waals surface area (Å²) in [6.45, 7) is 5.16. The molecule has 0 atom stereocenters. The van der Waals surface area contributed by atoms with Gasteiger partial charge < -0.3 is 0 Å². The third-order valence-electron chi connectivity index (χ3n) is 4.98. The lowest BCUT2D eigenvalue weighted by atomic mass is 10.1. The number of aryl methyl sites for hydroxylation is 2. The molecule has 0 amide bonds. The summed E-state index contributed by atoms with van der Waals surface area (Å²) in [5.74, 6) is -0.413. The number of anilines is 1. The molecule has 0 radical (unpaired) electrons. The van der Waals surface area contributed by atoms with Crippen molar-refractivity contribution >= 4 is 27.4 Å².